The highest BCUT2D eigenvalue weighted by molar-refractivity contribution is 5.77. The minimum Gasteiger partial charge on any atom is -0.423 e. The van der Waals surface area contributed by atoms with Crippen LogP contribution >= 0.6 is 0 Å². The van der Waals surface area contributed by atoms with Crippen molar-refractivity contribution in [3.05, 3.63) is 40.7 Å². The zero-order valence-corrected chi connectivity index (χ0v) is 9.90. The standard InChI is InChI=1S/C11H9N5O3/c1-15-6-7(5-12-15)13-11-14-9-3-2-8(16(17)18)4-10(9)19-11/h2-6H,1H3,(H,13,14). The number of hydrogen-bond donors (Lipinski definition) is 1. The van der Waals surface area contributed by atoms with Crippen molar-refractivity contribution >= 4 is 28.5 Å². The van der Waals surface area contributed by atoms with Gasteiger partial charge in [-0.1, -0.05) is 0 Å². The van der Waals surface area contributed by atoms with Gasteiger partial charge in [0.25, 0.3) is 11.7 Å². The summed E-state index contributed by atoms with van der Waals surface area (Å²) < 4.78 is 7.04. The molecule has 0 radical (unpaired) electrons. The summed E-state index contributed by atoms with van der Waals surface area (Å²) in [5.74, 6) is 0. The molecular weight excluding hydrogens is 250 g/mol. The number of non-ortho nitro benzene ring substituents is 1. The van der Waals surface area contributed by atoms with Gasteiger partial charge in [-0.05, 0) is 6.07 Å². The fraction of sp³-hybridized carbons (Fsp3) is 0.0909. The molecule has 3 aromatic rings. The highest BCUT2D eigenvalue weighted by Crippen LogP contribution is 2.25. The Bertz CT molecular complexity index is 761. The number of hydrogen-bond acceptors (Lipinski definition) is 6. The van der Waals surface area contributed by atoms with Crippen molar-refractivity contribution in [2.75, 3.05) is 5.32 Å². The van der Waals surface area contributed by atoms with E-state index >= 15 is 0 Å². The number of fused-ring (bicyclic) bond motifs is 1. The van der Waals surface area contributed by atoms with Crippen LogP contribution < -0.4 is 5.32 Å². The Balaban J connectivity index is 1.95. The van der Waals surface area contributed by atoms with Crippen molar-refractivity contribution in [2.45, 2.75) is 0 Å². The van der Waals surface area contributed by atoms with E-state index in [-0.39, 0.29) is 11.7 Å². The molecule has 0 fully saturated rings. The van der Waals surface area contributed by atoms with Gasteiger partial charge in [0.2, 0.25) is 0 Å². The molecule has 8 nitrogen and oxygen atoms in total. The van der Waals surface area contributed by atoms with Gasteiger partial charge in [-0.2, -0.15) is 10.1 Å². The van der Waals surface area contributed by atoms with Crippen LogP contribution in [0, 0.1) is 10.1 Å². The lowest BCUT2D eigenvalue weighted by Crippen LogP contribution is -1.88. The fourth-order valence-electron chi connectivity index (χ4n) is 1.69. The van der Waals surface area contributed by atoms with Gasteiger partial charge in [-0.15, -0.1) is 0 Å². The van der Waals surface area contributed by atoms with Crippen LogP contribution in [-0.2, 0) is 7.05 Å². The lowest BCUT2D eigenvalue weighted by atomic mass is 10.3. The molecule has 96 valence electrons. The summed E-state index contributed by atoms with van der Waals surface area (Å²) in [6.45, 7) is 0. The largest absolute Gasteiger partial charge is 0.423 e. The van der Waals surface area contributed by atoms with Crippen LogP contribution in [-0.4, -0.2) is 19.7 Å². The molecule has 2 aromatic heterocycles. The average Bonchev–Trinajstić information content (AvgIpc) is 2.94. The molecule has 0 saturated heterocycles. The van der Waals surface area contributed by atoms with E-state index in [0.29, 0.717) is 11.1 Å². The highest BCUT2D eigenvalue weighted by atomic mass is 16.6. The van der Waals surface area contributed by atoms with E-state index in [1.54, 1.807) is 30.2 Å². The minimum absolute atomic E-state index is 0.0309. The molecule has 1 N–H and O–H groups in total. The van der Waals surface area contributed by atoms with Crippen molar-refractivity contribution in [1.29, 1.82) is 0 Å². The molecule has 0 saturated carbocycles. The first-order valence-corrected chi connectivity index (χ1v) is 5.42. The van der Waals surface area contributed by atoms with Crippen LogP contribution in [0.5, 0.6) is 0 Å². The normalized spacial score (nSPS) is 10.8. The smallest absolute Gasteiger partial charge is 0.300 e. The van der Waals surface area contributed by atoms with Crippen molar-refractivity contribution < 1.29 is 9.34 Å². The van der Waals surface area contributed by atoms with Crippen molar-refractivity contribution in [1.82, 2.24) is 14.8 Å². The maximum atomic E-state index is 10.7. The van der Waals surface area contributed by atoms with Gasteiger partial charge in [-0.3, -0.25) is 14.8 Å². The molecule has 3 rings (SSSR count). The Kier molecular flexibility index (Phi) is 2.41. The lowest BCUT2D eigenvalue weighted by molar-refractivity contribution is -0.384. The molecule has 0 atom stereocenters. The molecule has 0 aliphatic heterocycles. The molecule has 0 amide bonds. The summed E-state index contributed by atoms with van der Waals surface area (Å²) in [4.78, 5) is 14.4. The molecule has 1 aromatic carbocycles. The second-order valence-corrected chi connectivity index (χ2v) is 3.96. The molecule has 0 bridgehead atoms. The summed E-state index contributed by atoms with van der Waals surface area (Å²) in [6.07, 6.45) is 3.38. The maximum absolute atomic E-state index is 10.7. The summed E-state index contributed by atoms with van der Waals surface area (Å²) in [6, 6.07) is 4.55. The Morgan fingerprint density at radius 3 is 3.00 bits per heavy atom. The van der Waals surface area contributed by atoms with Crippen LogP contribution in [0.4, 0.5) is 17.4 Å². The number of rotatable bonds is 3. The zero-order chi connectivity index (χ0) is 13.4. The van der Waals surface area contributed by atoms with Crippen molar-refractivity contribution in [2.24, 2.45) is 7.05 Å². The predicted octanol–water partition coefficient (Wildman–Crippen LogP) is 2.21. The van der Waals surface area contributed by atoms with Gasteiger partial charge in [0.15, 0.2) is 5.58 Å². The van der Waals surface area contributed by atoms with Crippen LogP contribution in [0.2, 0.25) is 0 Å². The quantitative estimate of drug-likeness (QED) is 0.571. The summed E-state index contributed by atoms with van der Waals surface area (Å²) in [5.41, 5.74) is 1.61. The predicted molar refractivity (Wildman–Crippen MR) is 67.2 cm³/mol. The summed E-state index contributed by atoms with van der Waals surface area (Å²) >= 11 is 0. The lowest BCUT2D eigenvalue weighted by Gasteiger charge is -1.94. The monoisotopic (exact) mass is 259 g/mol. The molecule has 2 heterocycles. The van der Waals surface area contributed by atoms with Gasteiger partial charge >= 0.3 is 0 Å². The highest BCUT2D eigenvalue weighted by Gasteiger charge is 2.12. The van der Waals surface area contributed by atoms with E-state index in [1.165, 1.54) is 12.1 Å². The van der Waals surface area contributed by atoms with Crippen LogP contribution in [0.1, 0.15) is 0 Å². The van der Waals surface area contributed by atoms with Gasteiger partial charge < -0.3 is 9.73 Å². The van der Waals surface area contributed by atoms with E-state index in [0.717, 1.165) is 5.69 Å². The summed E-state index contributed by atoms with van der Waals surface area (Å²) in [5, 5.41) is 17.6. The second kappa shape index (κ2) is 4.09. The van der Waals surface area contributed by atoms with E-state index in [4.69, 9.17) is 4.42 Å². The number of aryl methyl sites for hydroxylation is 1. The van der Waals surface area contributed by atoms with Crippen molar-refractivity contribution in [3.63, 3.8) is 0 Å². The molecule has 0 spiro atoms. The third-order valence-corrected chi connectivity index (χ3v) is 2.54. The number of nitrogens with zero attached hydrogens (tertiary/aromatic N) is 4. The Hall–Kier alpha value is -2.90. The van der Waals surface area contributed by atoms with Gasteiger partial charge in [-0.25, -0.2) is 0 Å². The molecule has 8 heteroatoms. The maximum Gasteiger partial charge on any atom is 0.300 e. The Morgan fingerprint density at radius 2 is 2.32 bits per heavy atom. The number of nitro groups is 1. The average molecular weight is 259 g/mol. The van der Waals surface area contributed by atoms with Gasteiger partial charge in [0.1, 0.15) is 5.52 Å². The molecule has 0 unspecified atom stereocenters. The molecule has 0 aliphatic rings. The Morgan fingerprint density at radius 1 is 1.47 bits per heavy atom. The number of anilines is 2. The summed E-state index contributed by atoms with van der Waals surface area (Å²) in [7, 11) is 1.79. The third-order valence-electron chi connectivity index (χ3n) is 2.54. The van der Waals surface area contributed by atoms with Crippen LogP contribution in [0.25, 0.3) is 11.1 Å². The minimum atomic E-state index is -0.476. The van der Waals surface area contributed by atoms with Crippen LogP contribution in [0.15, 0.2) is 35.0 Å². The third kappa shape index (κ3) is 2.10. The zero-order valence-electron chi connectivity index (χ0n) is 9.90. The molecule has 0 aliphatic carbocycles. The van der Waals surface area contributed by atoms with E-state index in [2.05, 4.69) is 15.4 Å². The number of aromatic nitrogens is 3. The first kappa shape index (κ1) is 11.2. The van der Waals surface area contributed by atoms with E-state index < -0.39 is 4.92 Å². The van der Waals surface area contributed by atoms with Crippen molar-refractivity contribution in [3.8, 4) is 0 Å². The van der Waals surface area contributed by atoms with Gasteiger partial charge in [0.05, 0.1) is 22.9 Å². The van der Waals surface area contributed by atoms with E-state index in [9.17, 15) is 10.1 Å². The fourth-order valence-corrected chi connectivity index (χ4v) is 1.69. The molecular formula is C11H9N5O3. The topological polar surface area (TPSA) is 99.0 Å². The van der Waals surface area contributed by atoms with Gasteiger partial charge in [0, 0.05) is 19.3 Å². The number of nitro benzene ring substituents is 1. The Labute approximate surface area is 106 Å². The number of oxazole rings is 1. The SMILES string of the molecule is Cn1cc(Nc2nc3ccc([N+](=O)[O-])cc3o2)cn1. The number of nitrogens with one attached hydrogen (secondary N) is 1. The number of benzene rings is 1. The molecule has 19 heavy (non-hydrogen) atoms. The second-order valence-electron chi connectivity index (χ2n) is 3.96. The van der Waals surface area contributed by atoms with Crippen LogP contribution in [0.3, 0.4) is 0 Å². The first-order valence-electron chi connectivity index (χ1n) is 5.42. The van der Waals surface area contributed by atoms with E-state index in [1.807, 2.05) is 0 Å². The first-order chi connectivity index (χ1) is 9.11.